The lowest BCUT2D eigenvalue weighted by molar-refractivity contribution is -0.133. The van der Waals surface area contributed by atoms with Crippen molar-refractivity contribution >= 4 is 17.6 Å². The van der Waals surface area contributed by atoms with Gasteiger partial charge in [0.25, 0.3) is 0 Å². The van der Waals surface area contributed by atoms with Crippen LogP contribution >= 0.6 is 0 Å². The van der Waals surface area contributed by atoms with E-state index in [1.165, 1.54) is 5.01 Å². The molecule has 1 aromatic rings. The Morgan fingerprint density at radius 2 is 2.11 bits per heavy atom. The smallest absolute Gasteiger partial charge is 0.352 e. The zero-order valence-corrected chi connectivity index (χ0v) is 11.0. The number of aliphatic carboxylic acids is 1. The summed E-state index contributed by atoms with van der Waals surface area (Å²) in [7, 11) is 0. The molecule has 0 spiro atoms. The van der Waals surface area contributed by atoms with Gasteiger partial charge < -0.3 is 5.11 Å². The van der Waals surface area contributed by atoms with E-state index in [4.69, 9.17) is 5.11 Å². The quantitative estimate of drug-likeness (QED) is 0.901. The van der Waals surface area contributed by atoms with E-state index >= 15 is 0 Å². The maximum atomic E-state index is 11.8. The van der Waals surface area contributed by atoms with E-state index in [1.54, 1.807) is 0 Å². The lowest BCUT2D eigenvalue weighted by atomic mass is 10.1. The van der Waals surface area contributed by atoms with E-state index in [0.717, 1.165) is 16.7 Å². The minimum atomic E-state index is -1.06. The van der Waals surface area contributed by atoms with Crippen LogP contribution in [0.3, 0.4) is 0 Å². The Balaban J connectivity index is 2.25. The molecule has 19 heavy (non-hydrogen) atoms. The lowest BCUT2D eigenvalue weighted by Gasteiger charge is -2.23. The molecule has 0 unspecified atom stereocenters. The maximum absolute atomic E-state index is 11.8. The molecular formula is C14H16N2O3. The summed E-state index contributed by atoms with van der Waals surface area (Å²) in [6, 6.07) is 5.98. The highest BCUT2D eigenvalue weighted by Crippen LogP contribution is 2.17. The van der Waals surface area contributed by atoms with E-state index in [2.05, 4.69) is 5.10 Å². The minimum Gasteiger partial charge on any atom is -0.477 e. The van der Waals surface area contributed by atoms with Crippen molar-refractivity contribution in [3.63, 3.8) is 0 Å². The first-order valence-electron chi connectivity index (χ1n) is 6.14. The molecule has 1 aliphatic heterocycles. The van der Waals surface area contributed by atoms with Gasteiger partial charge in [-0.2, -0.15) is 5.10 Å². The van der Waals surface area contributed by atoms with Crippen molar-refractivity contribution in [1.29, 1.82) is 0 Å². The summed E-state index contributed by atoms with van der Waals surface area (Å²) in [6.45, 7) is 4.26. The van der Waals surface area contributed by atoms with Crippen LogP contribution in [0.4, 0.5) is 0 Å². The molecule has 5 heteroatoms. The Morgan fingerprint density at radius 1 is 1.37 bits per heavy atom. The predicted octanol–water partition coefficient (Wildman–Crippen LogP) is 1.87. The highest BCUT2D eigenvalue weighted by molar-refractivity contribution is 6.36. The van der Waals surface area contributed by atoms with Crippen LogP contribution in [0, 0.1) is 13.8 Å². The molecule has 0 saturated carbocycles. The first kappa shape index (κ1) is 13.3. The molecule has 0 aliphatic carbocycles. The van der Waals surface area contributed by atoms with Crippen LogP contribution in [0.2, 0.25) is 0 Å². The molecule has 1 amide bonds. The Labute approximate surface area is 111 Å². The first-order chi connectivity index (χ1) is 8.97. The van der Waals surface area contributed by atoms with Crippen molar-refractivity contribution in [2.75, 3.05) is 0 Å². The van der Waals surface area contributed by atoms with Gasteiger partial charge in [0.05, 0.1) is 6.54 Å². The Morgan fingerprint density at radius 3 is 2.79 bits per heavy atom. The van der Waals surface area contributed by atoms with Gasteiger partial charge in [0.2, 0.25) is 5.91 Å². The van der Waals surface area contributed by atoms with Gasteiger partial charge in [0, 0.05) is 12.8 Å². The molecule has 0 radical (unpaired) electrons. The molecule has 1 N–H and O–H groups in total. The molecule has 0 atom stereocenters. The maximum Gasteiger partial charge on any atom is 0.352 e. The molecule has 0 bridgehead atoms. The molecule has 0 fully saturated rings. The van der Waals surface area contributed by atoms with E-state index in [0.29, 0.717) is 6.54 Å². The number of benzene rings is 1. The van der Waals surface area contributed by atoms with Crippen LogP contribution in [0.1, 0.15) is 29.5 Å². The van der Waals surface area contributed by atoms with Crippen molar-refractivity contribution < 1.29 is 14.7 Å². The molecule has 1 aliphatic rings. The van der Waals surface area contributed by atoms with E-state index in [-0.39, 0.29) is 24.5 Å². The molecule has 1 aromatic carbocycles. The number of aryl methyl sites for hydroxylation is 2. The first-order valence-corrected chi connectivity index (χ1v) is 6.14. The number of hydrogen-bond acceptors (Lipinski definition) is 3. The van der Waals surface area contributed by atoms with Crippen LogP contribution in [-0.2, 0) is 16.1 Å². The number of nitrogens with zero attached hydrogens (tertiary/aromatic N) is 2. The predicted molar refractivity (Wildman–Crippen MR) is 70.8 cm³/mol. The van der Waals surface area contributed by atoms with Gasteiger partial charge >= 0.3 is 5.97 Å². The monoisotopic (exact) mass is 260 g/mol. The van der Waals surface area contributed by atoms with Crippen LogP contribution in [0.15, 0.2) is 23.3 Å². The number of hydrazone groups is 1. The van der Waals surface area contributed by atoms with Crippen molar-refractivity contribution in [3.8, 4) is 0 Å². The third-order valence-electron chi connectivity index (χ3n) is 3.18. The van der Waals surface area contributed by atoms with Crippen LogP contribution in [0.5, 0.6) is 0 Å². The fourth-order valence-electron chi connectivity index (χ4n) is 2.01. The highest BCUT2D eigenvalue weighted by Gasteiger charge is 2.24. The van der Waals surface area contributed by atoms with E-state index < -0.39 is 5.97 Å². The largest absolute Gasteiger partial charge is 0.477 e. The third-order valence-corrected chi connectivity index (χ3v) is 3.18. The fraction of sp³-hybridized carbons (Fsp3) is 0.357. The Bertz CT molecular complexity index is 564. The van der Waals surface area contributed by atoms with Gasteiger partial charge in [-0.15, -0.1) is 0 Å². The van der Waals surface area contributed by atoms with Crippen molar-refractivity contribution in [1.82, 2.24) is 5.01 Å². The van der Waals surface area contributed by atoms with Gasteiger partial charge in [0.1, 0.15) is 5.71 Å². The summed E-state index contributed by atoms with van der Waals surface area (Å²) < 4.78 is 0. The second kappa shape index (κ2) is 5.22. The number of rotatable bonds is 3. The van der Waals surface area contributed by atoms with Crippen LogP contribution < -0.4 is 0 Å². The summed E-state index contributed by atoms with van der Waals surface area (Å²) in [5, 5.41) is 14.1. The summed E-state index contributed by atoms with van der Waals surface area (Å²) >= 11 is 0. The highest BCUT2D eigenvalue weighted by atomic mass is 16.4. The molecular weight excluding hydrogens is 244 g/mol. The minimum absolute atomic E-state index is 0.0462. The van der Waals surface area contributed by atoms with Gasteiger partial charge in [0.15, 0.2) is 0 Å². The van der Waals surface area contributed by atoms with Crippen molar-refractivity contribution in [3.05, 3.63) is 34.9 Å². The second-order valence-corrected chi connectivity index (χ2v) is 4.73. The molecule has 0 aromatic heterocycles. The SMILES string of the molecule is Cc1ccc(C)c(CN2N=C(C(=O)O)CCC2=O)c1. The third kappa shape index (κ3) is 2.99. The van der Waals surface area contributed by atoms with Crippen LogP contribution in [0.25, 0.3) is 0 Å². The molecule has 5 nitrogen and oxygen atoms in total. The number of hydrogen-bond donors (Lipinski definition) is 1. The summed E-state index contributed by atoms with van der Waals surface area (Å²) in [5.41, 5.74) is 3.21. The van der Waals surface area contributed by atoms with Crippen LogP contribution in [-0.4, -0.2) is 27.7 Å². The second-order valence-electron chi connectivity index (χ2n) is 4.73. The van der Waals surface area contributed by atoms with Crippen molar-refractivity contribution in [2.24, 2.45) is 5.10 Å². The summed E-state index contributed by atoms with van der Waals surface area (Å²) in [5.74, 6) is -1.19. The fourth-order valence-corrected chi connectivity index (χ4v) is 2.01. The number of carbonyl (C=O) groups is 2. The van der Waals surface area contributed by atoms with Gasteiger partial charge in [-0.3, -0.25) is 4.79 Å². The zero-order chi connectivity index (χ0) is 14.0. The average Bonchev–Trinajstić information content (AvgIpc) is 2.36. The number of carboxylic acid groups (broad SMARTS) is 1. The number of carbonyl (C=O) groups excluding carboxylic acids is 1. The number of amides is 1. The Kier molecular flexibility index (Phi) is 3.64. The van der Waals surface area contributed by atoms with Gasteiger partial charge in [-0.25, -0.2) is 9.80 Å². The number of carboxylic acids is 1. The van der Waals surface area contributed by atoms with E-state index in [1.807, 2.05) is 32.0 Å². The summed E-state index contributed by atoms with van der Waals surface area (Å²) in [6.07, 6.45) is 0.410. The topological polar surface area (TPSA) is 70.0 Å². The van der Waals surface area contributed by atoms with Gasteiger partial charge in [-0.05, 0) is 25.0 Å². The normalized spacial score (nSPS) is 15.4. The Hall–Kier alpha value is -2.17. The summed E-state index contributed by atoms with van der Waals surface area (Å²) in [4.78, 5) is 22.7. The molecule has 2 rings (SSSR count). The average molecular weight is 260 g/mol. The molecule has 100 valence electrons. The van der Waals surface area contributed by atoms with E-state index in [9.17, 15) is 9.59 Å². The van der Waals surface area contributed by atoms with Gasteiger partial charge in [-0.1, -0.05) is 23.8 Å². The molecule has 1 heterocycles. The lowest BCUT2D eigenvalue weighted by Crippen LogP contribution is -2.34. The zero-order valence-electron chi connectivity index (χ0n) is 11.0. The standard InChI is InChI=1S/C14H16N2O3/c1-9-3-4-10(2)11(7-9)8-16-13(17)6-5-12(15-16)14(18)19/h3-4,7H,5-6,8H2,1-2H3,(H,18,19). The van der Waals surface area contributed by atoms with Crippen molar-refractivity contribution in [2.45, 2.75) is 33.2 Å². The molecule has 0 saturated heterocycles.